The minimum absolute atomic E-state index is 0.0508. The molecule has 1 aliphatic rings. The van der Waals surface area contributed by atoms with Crippen molar-refractivity contribution in [3.05, 3.63) is 81.9 Å². The number of nitrogens with zero attached hydrogens (tertiary/aromatic N) is 2. The van der Waals surface area contributed by atoms with E-state index in [2.05, 4.69) is 9.97 Å². The van der Waals surface area contributed by atoms with Crippen LogP contribution in [0, 0.1) is 0 Å². The molecule has 9 heteroatoms. The van der Waals surface area contributed by atoms with Crippen molar-refractivity contribution in [1.29, 1.82) is 0 Å². The van der Waals surface area contributed by atoms with E-state index in [4.69, 9.17) is 14.6 Å². The molecule has 3 aromatic carbocycles. The zero-order valence-corrected chi connectivity index (χ0v) is 20.0. The molecular weight excluding hydrogens is 474 g/mol. The lowest BCUT2D eigenvalue weighted by atomic mass is 10.0. The van der Waals surface area contributed by atoms with Crippen LogP contribution >= 0.6 is 0 Å². The number of aryl methyl sites for hydroxylation is 1. The molecule has 0 aliphatic heterocycles. The normalized spacial score (nSPS) is 12.1. The van der Waals surface area contributed by atoms with Gasteiger partial charge in [-0.3, -0.25) is 19.0 Å². The summed E-state index contributed by atoms with van der Waals surface area (Å²) in [6.45, 7) is 0. The largest absolute Gasteiger partial charge is 0.493 e. The number of H-pyrrole nitrogens is 1. The van der Waals surface area contributed by atoms with Gasteiger partial charge in [0, 0.05) is 22.9 Å². The molecule has 37 heavy (non-hydrogen) atoms. The molecule has 0 bridgehead atoms. The van der Waals surface area contributed by atoms with Crippen LogP contribution in [-0.2, 0) is 11.2 Å². The number of imidazole rings is 1. The van der Waals surface area contributed by atoms with Gasteiger partial charge in [-0.15, -0.1) is 0 Å². The van der Waals surface area contributed by atoms with Gasteiger partial charge in [-0.25, -0.2) is 4.98 Å². The van der Waals surface area contributed by atoms with Gasteiger partial charge < -0.3 is 19.6 Å². The number of aromatic nitrogens is 3. The first-order chi connectivity index (χ1) is 17.9. The topological polar surface area (TPSA) is 124 Å². The molecule has 5 aromatic rings. The third-order valence-electron chi connectivity index (χ3n) is 6.69. The number of ether oxygens (including phenoxy) is 2. The zero-order chi connectivity index (χ0) is 25.8. The number of aliphatic carboxylic acids is 1. The highest BCUT2D eigenvalue weighted by atomic mass is 16.5. The number of carboxylic acid groups (broad SMARTS) is 1. The fourth-order valence-corrected chi connectivity index (χ4v) is 5.09. The lowest BCUT2D eigenvalue weighted by molar-refractivity contribution is -0.137. The average molecular weight is 495 g/mol. The maximum atomic E-state index is 14.2. The smallest absolute Gasteiger partial charge is 0.303 e. The lowest BCUT2D eigenvalue weighted by Gasteiger charge is -2.17. The zero-order valence-electron chi connectivity index (χ0n) is 20.0. The van der Waals surface area contributed by atoms with Crippen LogP contribution in [0.1, 0.15) is 28.2 Å². The molecule has 0 spiro atoms. The number of carbonyl (C=O) groups is 2. The van der Waals surface area contributed by atoms with Gasteiger partial charge in [0.2, 0.25) is 0 Å². The number of carbonyl (C=O) groups excluding carboxylic acids is 1. The molecule has 2 aromatic heterocycles. The van der Waals surface area contributed by atoms with Gasteiger partial charge in [0.1, 0.15) is 5.82 Å². The predicted molar refractivity (Wildman–Crippen MR) is 137 cm³/mol. The Balaban J connectivity index is 1.69. The molecule has 0 amide bonds. The highest BCUT2D eigenvalue weighted by molar-refractivity contribution is 6.27. The molecule has 9 nitrogen and oxygen atoms in total. The van der Waals surface area contributed by atoms with Gasteiger partial charge in [-0.2, -0.15) is 0 Å². The Labute approximate surface area is 209 Å². The van der Waals surface area contributed by atoms with Gasteiger partial charge in [0.25, 0.3) is 5.56 Å². The highest BCUT2D eigenvalue weighted by Crippen LogP contribution is 2.43. The van der Waals surface area contributed by atoms with E-state index >= 15 is 0 Å². The van der Waals surface area contributed by atoms with Gasteiger partial charge in [0.05, 0.1) is 54.0 Å². The molecule has 0 saturated heterocycles. The van der Waals surface area contributed by atoms with Crippen LogP contribution in [0.3, 0.4) is 0 Å². The fourth-order valence-electron chi connectivity index (χ4n) is 5.09. The van der Waals surface area contributed by atoms with E-state index in [1.807, 2.05) is 12.1 Å². The third-order valence-corrected chi connectivity index (χ3v) is 6.69. The molecule has 6 rings (SSSR count). The van der Waals surface area contributed by atoms with Gasteiger partial charge in [-0.1, -0.05) is 24.3 Å². The van der Waals surface area contributed by atoms with Gasteiger partial charge in [-0.05, 0) is 30.3 Å². The number of nitrogens with one attached hydrogen (secondary N) is 1. The first kappa shape index (κ1) is 22.5. The maximum absolute atomic E-state index is 14.2. The van der Waals surface area contributed by atoms with Crippen LogP contribution in [-0.4, -0.2) is 45.6 Å². The summed E-state index contributed by atoms with van der Waals surface area (Å²) in [5.74, 6) is 0.0948. The molecular formula is C28H21N3O6. The van der Waals surface area contributed by atoms with Crippen LogP contribution in [0.15, 0.2) is 59.4 Å². The quantitative estimate of drug-likeness (QED) is 0.356. The molecule has 184 valence electrons. The average Bonchev–Trinajstić information content (AvgIpc) is 3.45. The van der Waals surface area contributed by atoms with Crippen LogP contribution in [0.4, 0.5) is 0 Å². The number of fused-ring (bicyclic) bond motifs is 6. The van der Waals surface area contributed by atoms with E-state index in [1.54, 1.807) is 42.5 Å². The second kappa shape index (κ2) is 8.34. The number of pyridine rings is 1. The Morgan fingerprint density at radius 1 is 1.03 bits per heavy atom. The number of carboxylic acids is 1. The fraction of sp³-hybridized carbons (Fsp3) is 0.143. The van der Waals surface area contributed by atoms with Crippen molar-refractivity contribution in [2.24, 2.45) is 0 Å². The number of hydrogen-bond donors (Lipinski definition) is 2. The predicted octanol–water partition coefficient (Wildman–Crippen LogP) is 4.11. The summed E-state index contributed by atoms with van der Waals surface area (Å²) < 4.78 is 12.6. The van der Waals surface area contributed by atoms with Crippen molar-refractivity contribution >= 4 is 33.6 Å². The highest BCUT2D eigenvalue weighted by Gasteiger charge is 2.34. The van der Waals surface area contributed by atoms with Crippen molar-refractivity contribution < 1.29 is 24.2 Å². The Hall–Kier alpha value is -4.92. The monoisotopic (exact) mass is 495 g/mol. The summed E-state index contributed by atoms with van der Waals surface area (Å²) >= 11 is 0. The molecule has 1 aliphatic carbocycles. The number of rotatable bonds is 6. The Morgan fingerprint density at radius 2 is 1.81 bits per heavy atom. The van der Waals surface area contributed by atoms with Crippen molar-refractivity contribution in [3.8, 4) is 28.4 Å². The Kier molecular flexibility index (Phi) is 5.08. The summed E-state index contributed by atoms with van der Waals surface area (Å²) in [7, 11) is 2.95. The molecule has 0 saturated carbocycles. The SMILES string of the molecule is COc1ccc2c3c(n(-c4ccc5nc(CCC(=O)O)[nH]c5c4)c(=O)c2c1OC)-c1ccccc1C3=O. The molecule has 2 N–H and O–H groups in total. The van der Waals surface area contributed by atoms with Gasteiger partial charge in [0.15, 0.2) is 17.3 Å². The second-order valence-corrected chi connectivity index (χ2v) is 8.74. The first-order valence-corrected chi connectivity index (χ1v) is 11.6. The third kappa shape index (κ3) is 3.31. The van der Waals surface area contributed by atoms with Crippen molar-refractivity contribution in [2.75, 3.05) is 14.2 Å². The van der Waals surface area contributed by atoms with E-state index in [-0.39, 0.29) is 35.3 Å². The number of aromatic amines is 1. The number of methoxy groups -OCH3 is 2. The summed E-state index contributed by atoms with van der Waals surface area (Å²) in [5, 5.41) is 9.74. The van der Waals surface area contributed by atoms with Crippen LogP contribution in [0.25, 0.3) is 38.8 Å². The summed E-state index contributed by atoms with van der Waals surface area (Å²) in [5.41, 5.74) is 3.57. The first-order valence-electron chi connectivity index (χ1n) is 11.6. The van der Waals surface area contributed by atoms with Gasteiger partial charge >= 0.3 is 5.97 Å². The lowest BCUT2D eigenvalue weighted by Crippen LogP contribution is -2.22. The molecule has 0 unspecified atom stereocenters. The van der Waals surface area contributed by atoms with Crippen LogP contribution < -0.4 is 15.0 Å². The maximum Gasteiger partial charge on any atom is 0.303 e. The van der Waals surface area contributed by atoms with Crippen LogP contribution in [0.5, 0.6) is 11.5 Å². The van der Waals surface area contributed by atoms with Crippen molar-refractivity contribution in [1.82, 2.24) is 14.5 Å². The minimum Gasteiger partial charge on any atom is -0.493 e. The summed E-state index contributed by atoms with van der Waals surface area (Å²) in [6, 6.07) is 15.9. The summed E-state index contributed by atoms with van der Waals surface area (Å²) in [6.07, 6.45) is 0.203. The van der Waals surface area contributed by atoms with E-state index in [1.165, 1.54) is 18.8 Å². The number of ketones is 1. The number of hydrogen-bond acceptors (Lipinski definition) is 6. The van der Waals surface area contributed by atoms with E-state index in [9.17, 15) is 14.4 Å². The number of benzene rings is 3. The molecule has 0 atom stereocenters. The minimum atomic E-state index is -0.910. The van der Waals surface area contributed by atoms with Crippen molar-refractivity contribution in [2.45, 2.75) is 12.8 Å². The van der Waals surface area contributed by atoms with Crippen LogP contribution in [0.2, 0.25) is 0 Å². The van der Waals surface area contributed by atoms with E-state index in [0.29, 0.717) is 56.1 Å². The molecule has 2 heterocycles. The molecule has 0 radical (unpaired) electrons. The standard InChI is InChI=1S/C28H21N3O6/c1-36-20-10-8-17-23-25(15-5-3-4-6-16(15)26(23)34)31(28(35)24(17)27(20)37-2)14-7-9-18-19(13-14)30-21(29-18)11-12-22(32)33/h3-10,13H,11-12H2,1-2H3,(H,29,30)(H,32,33). The van der Waals surface area contributed by atoms with Crippen molar-refractivity contribution in [3.63, 3.8) is 0 Å². The Bertz CT molecular complexity index is 1830. The molecule has 0 fully saturated rings. The Morgan fingerprint density at radius 3 is 2.54 bits per heavy atom. The van der Waals surface area contributed by atoms with E-state index < -0.39 is 5.97 Å². The van der Waals surface area contributed by atoms with E-state index in [0.717, 1.165) is 0 Å². The summed E-state index contributed by atoms with van der Waals surface area (Å²) in [4.78, 5) is 46.4. The second-order valence-electron chi connectivity index (χ2n) is 8.74.